The van der Waals surface area contributed by atoms with Crippen LogP contribution in [0.25, 0.3) is 6.08 Å². The van der Waals surface area contributed by atoms with Gasteiger partial charge in [0.15, 0.2) is 0 Å². The van der Waals surface area contributed by atoms with Crippen molar-refractivity contribution in [1.82, 2.24) is 25.2 Å². The fourth-order valence-corrected chi connectivity index (χ4v) is 5.03. The molecule has 0 radical (unpaired) electrons. The zero-order chi connectivity index (χ0) is 21.4. The van der Waals surface area contributed by atoms with Crippen LogP contribution in [0.5, 0.6) is 0 Å². The number of fused-ring (bicyclic) bond motifs is 1. The maximum absolute atomic E-state index is 4.65. The van der Waals surface area contributed by atoms with Crippen LogP contribution in [-0.4, -0.2) is 58.1 Å². The lowest BCUT2D eigenvalue weighted by Crippen LogP contribution is -2.74. The molecule has 0 aromatic heterocycles. The second kappa shape index (κ2) is 7.76. The number of allylic oxidation sites excluding steroid dienone is 3. The Labute approximate surface area is 188 Å². The topological polar surface area (TPSA) is 40.6 Å². The Kier molecular flexibility index (Phi) is 4.61. The van der Waals surface area contributed by atoms with Gasteiger partial charge in [-0.25, -0.2) is 10.4 Å². The van der Waals surface area contributed by atoms with Crippen LogP contribution in [0, 0.1) is 0 Å². The molecule has 0 saturated heterocycles. The monoisotopic (exact) mass is 425 g/mol. The lowest BCUT2D eigenvalue weighted by atomic mass is 9.97. The van der Waals surface area contributed by atoms with Crippen molar-refractivity contribution in [2.75, 3.05) is 31.3 Å². The molecule has 7 nitrogen and oxygen atoms in total. The van der Waals surface area contributed by atoms with Crippen LogP contribution >= 0.6 is 0 Å². The number of rotatable bonds is 4. The van der Waals surface area contributed by atoms with Gasteiger partial charge >= 0.3 is 0 Å². The SMILES string of the molecule is C1=CCN(C2(N3C=CC=NC3)C(N3C=CCN3)=Cc3ccccc3N2N2C=CCC2)C=C1. The van der Waals surface area contributed by atoms with Crippen LogP contribution in [0.15, 0.2) is 96.2 Å². The molecule has 1 aromatic carbocycles. The quantitative estimate of drug-likeness (QED) is 0.799. The molecule has 0 saturated carbocycles. The molecule has 162 valence electrons. The maximum Gasteiger partial charge on any atom is 0.255 e. The first kappa shape index (κ1) is 19.0. The molecular formula is C25H27N7. The minimum Gasteiger partial charge on any atom is -0.328 e. The van der Waals surface area contributed by atoms with Crippen molar-refractivity contribution < 1.29 is 0 Å². The highest BCUT2D eigenvalue weighted by molar-refractivity contribution is 5.77. The van der Waals surface area contributed by atoms with Gasteiger partial charge in [0.05, 0.1) is 5.69 Å². The van der Waals surface area contributed by atoms with Crippen molar-refractivity contribution >= 4 is 18.0 Å². The number of hydrogen-bond acceptors (Lipinski definition) is 7. The average Bonchev–Trinajstić information content (AvgIpc) is 3.58. The number of para-hydroxylation sites is 1. The van der Waals surface area contributed by atoms with Gasteiger partial charge in [0.25, 0.3) is 5.79 Å². The van der Waals surface area contributed by atoms with Crippen LogP contribution < -0.4 is 10.4 Å². The third-order valence-corrected chi connectivity index (χ3v) is 6.36. The summed E-state index contributed by atoms with van der Waals surface area (Å²) in [5, 5.41) is 6.97. The van der Waals surface area contributed by atoms with E-state index in [9.17, 15) is 0 Å². The molecule has 7 heteroatoms. The Hall–Kier alpha value is -3.71. The smallest absolute Gasteiger partial charge is 0.255 e. The number of nitrogens with zero attached hydrogens (tertiary/aromatic N) is 6. The normalized spacial score (nSPS) is 25.9. The van der Waals surface area contributed by atoms with E-state index in [1.807, 2.05) is 12.3 Å². The lowest BCUT2D eigenvalue weighted by molar-refractivity contribution is -0.0186. The van der Waals surface area contributed by atoms with E-state index in [1.165, 1.54) is 11.3 Å². The van der Waals surface area contributed by atoms with E-state index in [0.717, 1.165) is 31.8 Å². The lowest BCUT2D eigenvalue weighted by Gasteiger charge is -2.61. The molecular weight excluding hydrogens is 398 g/mol. The van der Waals surface area contributed by atoms with E-state index < -0.39 is 5.79 Å². The van der Waals surface area contributed by atoms with Gasteiger partial charge in [0, 0.05) is 56.2 Å². The van der Waals surface area contributed by atoms with Crippen molar-refractivity contribution in [2.24, 2.45) is 4.99 Å². The van der Waals surface area contributed by atoms with Gasteiger partial charge in [0.2, 0.25) is 0 Å². The number of hydrazine groups is 2. The van der Waals surface area contributed by atoms with E-state index in [0.29, 0.717) is 6.67 Å². The molecule has 0 spiro atoms. The van der Waals surface area contributed by atoms with Crippen molar-refractivity contribution in [3.63, 3.8) is 0 Å². The predicted octanol–water partition coefficient (Wildman–Crippen LogP) is 3.21. The molecule has 0 amide bonds. The van der Waals surface area contributed by atoms with Crippen LogP contribution in [0.3, 0.4) is 0 Å². The molecule has 1 unspecified atom stereocenters. The molecule has 1 N–H and O–H groups in total. The number of aliphatic imine (C=N–C) groups is 1. The Balaban J connectivity index is 1.64. The van der Waals surface area contributed by atoms with Gasteiger partial charge in [-0.3, -0.25) is 15.0 Å². The third kappa shape index (κ3) is 2.81. The Morgan fingerprint density at radius 3 is 2.59 bits per heavy atom. The van der Waals surface area contributed by atoms with Crippen LogP contribution in [0.2, 0.25) is 0 Å². The molecule has 1 aromatic rings. The van der Waals surface area contributed by atoms with Gasteiger partial charge in [-0.05, 0) is 30.7 Å². The Bertz CT molecular complexity index is 1060. The summed E-state index contributed by atoms with van der Waals surface area (Å²) in [7, 11) is 0. The summed E-state index contributed by atoms with van der Waals surface area (Å²) in [6.07, 6.45) is 26.8. The van der Waals surface area contributed by atoms with Crippen LogP contribution in [0.1, 0.15) is 12.0 Å². The maximum atomic E-state index is 4.65. The zero-order valence-corrected chi connectivity index (χ0v) is 18.0. The van der Waals surface area contributed by atoms with Gasteiger partial charge < -0.3 is 9.80 Å². The summed E-state index contributed by atoms with van der Waals surface area (Å²) in [5.74, 6) is -0.666. The molecule has 5 heterocycles. The third-order valence-electron chi connectivity index (χ3n) is 6.36. The van der Waals surface area contributed by atoms with E-state index in [4.69, 9.17) is 0 Å². The fraction of sp³-hybridized carbons (Fsp3) is 0.240. The Morgan fingerprint density at radius 2 is 1.84 bits per heavy atom. The number of hydrogen-bond donors (Lipinski definition) is 1. The zero-order valence-electron chi connectivity index (χ0n) is 18.0. The highest BCUT2D eigenvalue weighted by Gasteiger charge is 2.56. The second-order valence-corrected chi connectivity index (χ2v) is 8.20. The van der Waals surface area contributed by atoms with Crippen LogP contribution in [-0.2, 0) is 0 Å². The van der Waals surface area contributed by atoms with Gasteiger partial charge in [0.1, 0.15) is 12.4 Å². The standard InChI is InChI=1S/C25H27N7/c1-4-14-28(15-5-1)25(29-16-8-12-26-21-29)24(31-19-9-13-27-31)20-22-10-2-3-11-23(22)32(25)30-17-6-7-18-30/h1-6,8-12,14,16-17,19-20,27H,7,13,15,18,21H2. The first-order valence-electron chi connectivity index (χ1n) is 11.2. The van der Waals surface area contributed by atoms with Crippen molar-refractivity contribution in [3.8, 4) is 0 Å². The molecule has 32 heavy (non-hydrogen) atoms. The van der Waals surface area contributed by atoms with Crippen molar-refractivity contribution in [3.05, 3.63) is 96.8 Å². The number of benzene rings is 1. The van der Waals surface area contributed by atoms with E-state index in [1.54, 1.807) is 0 Å². The molecule has 0 bridgehead atoms. The molecule has 1 atom stereocenters. The largest absolute Gasteiger partial charge is 0.328 e. The Morgan fingerprint density at radius 1 is 0.906 bits per heavy atom. The summed E-state index contributed by atoms with van der Waals surface area (Å²) in [6.45, 7) is 3.09. The number of nitrogens with one attached hydrogen (secondary N) is 1. The molecule has 0 aliphatic carbocycles. The first-order valence-corrected chi connectivity index (χ1v) is 11.2. The highest BCUT2D eigenvalue weighted by atomic mass is 15.8. The van der Waals surface area contributed by atoms with Crippen molar-refractivity contribution in [2.45, 2.75) is 12.2 Å². The molecule has 5 aliphatic heterocycles. The molecule has 5 aliphatic rings. The highest BCUT2D eigenvalue weighted by Crippen LogP contribution is 2.47. The summed E-state index contributed by atoms with van der Waals surface area (Å²) >= 11 is 0. The van der Waals surface area contributed by atoms with E-state index >= 15 is 0 Å². The average molecular weight is 426 g/mol. The second-order valence-electron chi connectivity index (χ2n) is 8.20. The van der Waals surface area contributed by atoms with Gasteiger partial charge in [-0.1, -0.05) is 42.5 Å². The molecule has 6 rings (SSSR count). The van der Waals surface area contributed by atoms with Gasteiger partial charge in [-0.15, -0.1) is 0 Å². The van der Waals surface area contributed by atoms with Crippen LogP contribution in [0.4, 0.5) is 5.69 Å². The summed E-state index contributed by atoms with van der Waals surface area (Å²) in [6, 6.07) is 8.65. The minimum absolute atomic E-state index is 0.565. The predicted molar refractivity (Wildman–Crippen MR) is 128 cm³/mol. The van der Waals surface area contributed by atoms with E-state index in [2.05, 4.69) is 121 Å². The molecule has 0 fully saturated rings. The van der Waals surface area contributed by atoms with Gasteiger partial charge in [-0.2, -0.15) is 0 Å². The summed E-state index contributed by atoms with van der Waals surface area (Å²) in [5.41, 5.74) is 7.04. The fourth-order valence-electron chi connectivity index (χ4n) is 5.03. The van der Waals surface area contributed by atoms with Crippen molar-refractivity contribution in [1.29, 1.82) is 0 Å². The minimum atomic E-state index is -0.666. The number of anilines is 1. The van der Waals surface area contributed by atoms with E-state index in [-0.39, 0.29) is 0 Å². The summed E-state index contributed by atoms with van der Waals surface area (Å²) in [4.78, 5) is 9.38. The summed E-state index contributed by atoms with van der Waals surface area (Å²) < 4.78 is 0. The first-order chi connectivity index (χ1) is 15.9.